The molecule has 0 spiro atoms. The number of hydrogen-bond donors (Lipinski definition) is 1. The maximum Gasteiger partial charge on any atom is 0.282 e. The van der Waals surface area contributed by atoms with Gasteiger partial charge in [0.1, 0.15) is 5.56 Å². The van der Waals surface area contributed by atoms with Crippen molar-refractivity contribution >= 4 is 34.0 Å². The largest absolute Gasteiger partial charge is 0.348 e. The van der Waals surface area contributed by atoms with E-state index in [2.05, 4.69) is 5.32 Å². The van der Waals surface area contributed by atoms with Crippen LogP contribution in [0.5, 0.6) is 0 Å². The molecule has 1 N–H and O–H groups in total. The van der Waals surface area contributed by atoms with Crippen molar-refractivity contribution in [3.05, 3.63) is 38.9 Å². The number of nitro benzene ring substituents is 1. The number of rotatable bonds is 5. The van der Waals surface area contributed by atoms with Gasteiger partial charge in [-0.05, 0) is 19.1 Å². The van der Waals surface area contributed by atoms with Crippen LogP contribution in [0, 0.1) is 10.1 Å². The van der Waals surface area contributed by atoms with Crippen LogP contribution < -0.4 is 5.32 Å². The fourth-order valence-electron chi connectivity index (χ4n) is 1.54. The van der Waals surface area contributed by atoms with Gasteiger partial charge in [0.05, 0.1) is 4.92 Å². The van der Waals surface area contributed by atoms with Gasteiger partial charge in [-0.15, -0.1) is 0 Å². The van der Waals surface area contributed by atoms with Crippen LogP contribution in [0.3, 0.4) is 0 Å². The van der Waals surface area contributed by atoms with Crippen molar-refractivity contribution in [2.45, 2.75) is 13.0 Å². The average molecular weight is 305 g/mol. The summed E-state index contributed by atoms with van der Waals surface area (Å²) in [7, 11) is -1.06. The van der Waals surface area contributed by atoms with Gasteiger partial charge in [0.2, 0.25) is 0 Å². The van der Waals surface area contributed by atoms with E-state index in [0.717, 1.165) is 0 Å². The molecule has 2 unspecified atom stereocenters. The highest BCUT2D eigenvalue weighted by Crippen LogP contribution is 2.22. The summed E-state index contributed by atoms with van der Waals surface area (Å²) >= 11 is 5.74. The first-order valence-corrected chi connectivity index (χ1v) is 7.46. The molecule has 104 valence electrons. The molecule has 1 aromatic carbocycles. The Morgan fingerprint density at radius 1 is 1.58 bits per heavy atom. The molecule has 1 aromatic rings. The van der Waals surface area contributed by atoms with Crippen molar-refractivity contribution in [2.24, 2.45) is 0 Å². The van der Waals surface area contributed by atoms with E-state index in [4.69, 9.17) is 11.6 Å². The van der Waals surface area contributed by atoms with E-state index in [0.29, 0.717) is 0 Å². The molecular formula is C11H13ClN2O4S. The summed E-state index contributed by atoms with van der Waals surface area (Å²) in [6.45, 7) is 1.68. The number of carbonyl (C=O) groups is 1. The number of hydrogen-bond acceptors (Lipinski definition) is 4. The second kappa shape index (κ2) is 6.63. The molecule has 6 nitrogen and oxygen atoms in total. The highest BCUT2D eigenvalue weighted by atomic mass is 35.5. The lowest BCUT2D eigenvalue weighted by molar-refractivity contribution is -0.385. The minimum Gasteiger partial charge on any atom is -0.348 e. The third-order valence-electron chi connectivity index (χ3n) is 2.26. The number of nitrogens with zero attached hydrogens (tertiary/aromatic N) is 1. The smallest absolute Gasteiger partial charge is 0.282 e. The molecule has 0 aromatic heterocycles. The molecule has 2 atom stereocenters. The maximum atomic E-state index is 11.9. The first-order chi connectivity index (χ1) is 8.81. The van der Waals surface area contributed by atoms with Gasteiger partial charge in [-0.25, -0.2) is 0 Å². The van der Waals surface area contributed by atoms with E-state index in [1.165, 1.54) is 24.5 Å². The minimum atomic E-state index is -1.06. The molecule has 0 aliphatic heterocycles. The Morgan fingerprint density at radius 2 is 2.21 bits per heavy atom. The summed E-state index contributed by atoms with van der Waals surface area (Å²) in [6, 6.07) is 3.42. The molecule has 8 heteroatoms. The van der Waals surface area contributed by atoms with Crippen molar-refractivity contribution < 1.29 is 13.9 Å². The van der Waals surface area contributed by atoms with E-state index in [1.54, 1.807) is 6.92 Å². The second-order valence-corrected chi connectivity index (χ2v) is 5.95. The van der Waals surface area contributed by atoms with Gasteiger partial charge in [-0.1, -0.05) is 11.6 Å². The molecule has 0 aliphatic carbocycles. The Kier molecular flexibility index (Phi) is 5.44. The summed E-state index contributed by atoms with van der Waals surface area (Å²) in [6.07, 6.45) is 1.52. The highest BCUT2D eigenvalue weighted by Gasteiger charge is 2.21. The van der Waals surface area contributed by atoms with E-state index < -0.39 is 21.6 Å². The van der Waals surface area contributed by atoms with Gasteiger partial charge < -0.3 is 5.32 Å². The van der Waals surface area contributed by atoms with Crippen LogP contribution in [0.1, 0.15) is 17.3 Å². The number of nitrogens with one attached hydrogen (secondary N) is 1. The Hall–Kier alpha value is -1.47. The first-order valence-electron chi connectivity index (χ1n) is 5.36. The van der Waals surface area contributed by atoms with Crippen LogP contribution in [0.15, 0.2) is 18.2 Å². The van der Waals surface area contributed by atoms with E-state index >= 15 is 0 Å². The quantitative estimate of drug-likeness (QED) is 0.663. The number of amides is 1. The lowest BCUT2D eigenvalue weighted by Gasteiger charge is -2.12. The number of carbonyl (C=O) groups excluding carboxylic acids is 1. The molecule has 0 fully saturated rings. The number of benzene rings is 1. The summed E-state index contributed by atoms with van der Waals surface area (Å²) < 4.78 is 11.0. The van der Waals surface area contributed by atoms with Crippen LogP contribution in [-0.2, 0) is 10.8 Å². The minimum absolute atomic E-state index is 0.105. The Balaban J connectivity index is 2.95. The maximum absolute atomic E-state index is 11.9. The lowest BCUT2D eigenvalue weighted by Crippen LogP contribution is -2.36. The monoisotopic (exact) mass is 304 g/mol. The van der Waals surface area contributed by atoms with Gasteiger partial charge in [0.15, 0.2) is 0 Å². The van der Waals surface area contributed by atoms with Gasteiger partial charge in [-0.2, -0.15) is 0 Å². The topological polar surface area (TPSA) is 89.3 Å². The van der Waals surface area contributed by atoms with Crippen LogP contribution in [-0.4, -0.2) is 33.1 Å². The van der Waals surface area contributed by atoms with Crippen molar-refractivity contribution in [1.82, 2.24) is 5.32 Å². The van der Waals surface area contributed by atoms with Gasteiger partial charge in [-0.3, -0.25) is 19.1 Å². The predicted molar refractivity (Wildman–Crippen MR) is 74.0 cm³/mol. The number of nitro groups is 1. The third-order valence-corrected chi connectivity index (χ3v) is 3.47. The highest BCUT2D eigenvalue weighted by molar-refractivity contribution is 7.84. The fourth-order valence-corrected chi connectivity index (χ4v) is 2.50. The van der Waals surface area contributed by atoms with Crippen molar-refractivity contribution in [3.63, 3.8) is 0 Å². The SMILES string of the molecule is CC(CS(C)=O)NC(=O)c1cc(Cl)ccc1[N+](=O)[O-]. The zero-order valence-electron chi connectivity index (χ0n) is 10.4. The normalized spacial score (nSPS) is 13.6. The zero-order chi connectivity index (χ0) is 14.6. The summed E-state index contributed by atoms with van der Waals surface area (Å²) in [4.78, 5) is 22.1. The first kappa shape index (κ1) is 15.6. The Labute approximate surface area is 117 Å². The van der Waals surface area contributed by atoms with Crippen LogP contribution in [0.2, 0.25) is 5.02 Å². The number of halogens is 1. The van der Waals surface area contributed by atoms with E-state index in [9.17, 15) is 19.1 Å². The Bertz CT molecular complexity index is 535. The summed E-state index contributed by atoms with van der Waals surface area (Å²) in [5.41, 5.74) is -0.419. The summed E-state index contributed by atoms with van der Waals surface area (Å²) in [5.74, 6) is -0.327. The summed E-state index contributed by atoms with van der Waals surface area (Å²) in [5, 5.41) is 13.6. The molecule has 0 bridgehead atoms. The molecule has 0 saturated heterocycles. The van der Waals surface area contributed by atoms with E-state index in [-0.39, 0.29) is 28.1 Å². The average Bonchev–Trinajstić information content (AvgIpc) is 2.26. The van der Waals surface area contributed by atoms with Crippen LogP contribution in [0.25, 0.3) is 0 Å². The molecule has 1 amide bonds. The second-order valence-electron chi connectivity index (χ2n) is 4.03. The lowest BCUT2D eigenvalue weighted by atomic mass is 10.1. The van der Waals surface area contributed by atoms with Crippen LogP contribution >= 0.6 is 11.6 Å². The standard InChI is InChI=1S/C11H13ClN2O4S/c1-7(6-19(2)18)13-11(15)9-5-8(12)3-4-10(9)14(16)17/h3-5,7H,6H2,1-2H3,(H,13,15). The molecule has 0 saturated carbocycles. The third kappa shape index (κ3) is 4.60. The van der Waals surface area contributed by atoms with Crippen LogP contribution in [0.4, 0.5) is 5.69 Å². The predicted octanol–water partition coefficient (Wildman–Crippen LogP) is 1.74. The molecule has 0 heterocycles. The van der Waals surface area contributed by atoms with Crippen molar-refractivity contribution in [2.75, 3.05) is 12.0 Å². The molecule has 19 heavy (non-hydrogen) atoms. The molecule has 1 rings (SSSR count). The molecule has 0 radical (unpaired) electrons. The van der Waals surface area contributed by atoms with Crippen molar-refractivity contribution in [1.29, 1.82) is 0 Å². The molecule has 0 aliphatic rings. The molecular weight excluding hydrogens is 292 g/mol. The van der Waals surface area contributed by atoms with E-state index in [1.807, 2.05) is 0 Å². The van der Waals surface area contributed by atoms with Gasteiger partial charge >= 0.3 is 0 Å². The van der Waals surface area contributed by atoms with Gasteiger partial charge in [0.25, 0.3) is 11.6 Å². The fraction of sp³-hybridized carbons (Fsp3) is 0.364. The van der Waals surface area contributed by atoms with Gasteiger partial charge in [0, 0.05) is 39.9 Å². The zero-order valence-corrected chi connectivity index (χ0v) is 12.0. The van der Waals surface area contributed by atoms with Crippen molar-refractivity contribution in [3.8, 4) is 0 Å². The Morgan fingerprint density at radius 3 is 2.74 bits per heavy atom.